The van der Waals surface area contributed by atoms with Crippen LogP contribution in [0.3, 0.4) is 0 Å². The minimum atomic E-state index is -0.264. The molecule has 2 aliphatic rings. The first kappa shape index (κ1) is 18.4. The summed E-state index contributed by atoms with van der Waals surface area (Å²) in [4.78, 5) is 16.0. The van der Waals surface area contributed by atoms with Crippen LogP contribution >= 0.6 is 23.6 Å². The summed E-state index contributed by atoms with van der Waals surface area (Å²) in [7, 11) is 1.45. The fourth-order valence-electron chi connectivity index (χ4n) is 4.04. The lowest BCUT2D eigenvalue weighted by Crippen LogP contribution is -2.33. The monoisotopic (exact) mass is 400 g/mol. The van der Waals surface area contributed by atoms with Gasteiger partial charge in [0.2, 0.25) is 0 Å². The Bertz CT molecular complexity index is 875. The number of aryl methyl sites for hydroxylation is 1. The third-order valence-electron chi connectivity index (χ3n) is 5.41. The molecule has 0 spiro atoms. The summed E-state index contributed by atoms with van der Waals surface area (Å²) in [6, 6.07) is 8.35. The van der Waals surface area contributed by atoms with Gasteiger partial charge in [0.15, 0.2) is 5.11 Å². The number of ether oxygens (including phenoxy) is 1. The highest BCUT2D eigenvalue weighted by Gasteiger charge is 2.27. The van der Waals surface area contributed by atoms with E-state index in [1.165, 1.54) is 42.4 Å². The molecule has 1 aliphatic carbocycles. The number of nitrogens with one attached hydrogen (secondary N) is 1. The first-order chi connectivity index (χ1) is 13.2. The van der Waals surface area contributed by atoms with Crippen molar-refractivity contribution < 1.29 is 9.53 Å². The van der Waals surface area contributed by atoms with Gasteiger partial charge in [-0.2, -0.15) is 0 Å². The number of thiocarbonyl (C=S) groups is 1. The largest absolute Gasteiger partial charge is 0.465 e. The normalized spacial score (nSPS) is 16.1. The van der Waals surface area contributed by atoms with E-state index >= 15 is 0 Å². The van der Waals surface area contributed by atoms with E-state index in [1.54, 1.807) is 11.3 Å². The number of nitrogens with zero attached hydrogens (tertiary/aromatic N) is 1. The van der Waals surface area contributed by atoms with Gasteiger partial charge in [-0.1, -0.05) is 31.0 Å². The van der Waals surface area contributed by atoms with E-state index in [-0.39, 0.29) is 5.97 Å². The molecule has 0 amide bonds. The number of hydrogen-bond donors (Lipinski definition) is 1. The summed E-state index contributed by atoms with van der Waals surface area (Å²) in [5.74, 6) is -0.264. The van der Waals surface area contributed by atoms with Crippen LogP contribution in [0.15, 0.2) is 24.3 Å². The Morgan fingerprint density at radius 2 is 1.93 bits per heavy atom. The van der Waals surface area contributed by atoms with Crippen LogP contribution in [0.2, 0.25) is 0 Å². The van der Waals surface area contributed by atoms with Crippen molar-refractivity contribution >= 4 is 45.3 Å². The number of carbonyl (C=O) groups is 1. The molecule has 0 saturated carbocycles. The van der Waals surface area contributed by atoms with Crippen LogP contribution in [0.1, 0.15) is 52.0 Å². The van der Waals surface area contributed by atoms with Gasteiger partial charge in [0, 0.05) is 17.1 Å². The van der Waals surface area contributed by atoms with Crippen molar-refractivity contribution in [2.24, 2.45) is 0 Å². The van der Waals surface area contributed by atoms with E-state index in [4.69, 9.17) is 17.0 Å². The van der Waals surface area contributed by atoms with E-state index in [2.05, 4.69) is 28.4 Å². The minimum Gasteiger partial charge on any atom is -0.465 e. The highest BCUT2D eigenvalue weighted by Crippen LogP contribution is 2.38. The predicted octanol–water partition coefficient (Wildman–Crippen LogP) is 4.95. The topological polar surface area (TPSA) is 41.6 Å². The van der Waals surface area contributed by atoms with Gasteiger partial charge in [0.25, 0.3) is 0 Å². The van der Waals surface area contributed by atoms with Crippen LogP contribution in [0.4, 0.5) is 10.7 Å². The molecule has 1 aromatic carbocycles. The van der Waals surface area contributed by atoms with Gasteiger partial charge in [-0.3, -0.25) is 0 Å². The number of benzene rings is 1. The van der Waals surface area contributed by atoms with Crippen molar-refractivity contribution in [1.82, 2.24) is 0 Å². The molecule has 2 heterocycles. The predicted molar refractivity (Wildman–Crippen MR) is 115 cm³/mol. The number of para-hydroxylation sites is 1. The molecule has 0 saturated heterocycles. The maximum Gasteiger partial charge on any atom is 0.341 e. The van der Waals surface area contributed by atoms with Gasteiger partial charge in [0.1, 0.15) is 5.00 Å². The second-order valence-electron chi connectivity index (χ2n) is 7.07. The maximum absolute atomic E-state index is 12.6. The second-order valence-corrected chi connectivity index (χ2v) is 8.57. The molecule has 2 aromatic rings. The third-order valence-corrected chi connectivity index (χ3v) is 6.94. The molecule has 4 rings (SSSR count). The Kier molecular flexibility index (Phi) is 5.45. The van der Waals surface area contributed by atoms with E-state index in [0.29, 0.717) is 10.7 Å². The number of hydrogen-bond acceptors (Lipinski definition) is 4. The minimum absolute atomic E-state index is 0.264. The van der Waals surface area contributed by atoms with Crippen LogP contribution in [0.5, 0.6) is 0 Å². The van der Waals surface area contributed by atoms with Crippen molar-refractivity contribution in [2.45, 2.75) is 44.9 Å². The molecular weight excluding hydrogens is 376 g/mol. The zero-order valence-electron chi connectivity index (χ0n) is 15.5. The molecular formula is C21H24N2O2S2. The number of carbonyl (C=O) groups excluding carboxylic acids is 1. The molecule has 142 valence electrons. The fraction of sp³-hybridized carbons (Fsp3) is 0.429. The van der Waals surface area contributed by atoms with E-state index in [1.807, 2.05) is 6.07 Å². The lowest BCUT2D eigenvalue weighted by Gasteiger charge is -2.21. The quantitative estimate of drug-likeness (QED) is 0.570. The third kappa shape index (κ3) is 3.60. The molecule has 1 aromatic heterocycles. The lowest BCUT2D eigenvalue weighted by atomic mass is 9.96. The zero-order chi connectivity index (χ0) is 18.8. The number of fused-ring (bicyclic) bond motifs is 2. The number of rotatable bonds is 2. The summed E-state index contributed by atoms with van der Waals surface area (Å²) in [5.41, 5.74) is 4.32. The Labute approximate surface area is 169 Å². The SMILES string of the molecule is COC(=O)c1c(NC(=S)N2CCc3ccccc32)sc2c1CCCCCC2. The maximum atomic E-state index is 12.6. The van der Waals surface area contributed by atoms with Crippen LogP contribution in [0.25, 0.3) is 0 Å². The lowest BCUT2D eigenvalue weighted by molar-refractivity contribution is 0.0601. The second kappa shape index (κ2) is 7.98. The molecule has 6 heteroatoms. The molecule has 0 bridgehead atoms. The molecule has 4 nitrogen and oxygen atoms in total. The molecule has 0 unspecified atom stereocenters. The van der Waals surface area contributed by atoms with Crippen molar-refractivity contribution in [1.29, 1.82) is 0 Å². The van der Waals surface area contributed by atoms with Gasteiger partial charge in [-0.15, -0.1) is 11.3 Å². The zero-order valence-corrected chi connectivity index (χ0v) is 17.2. The first-order valence-electron chi connectivity index (χ1n) is 9.58. The number of anilines is 2. The summed E-state index contributed by atoms with van der Waals surface area (Å²) < 4.78 is 5.11. The van der Waals surface area contributed by atoms with Crippen LogP contribution in [-0.2, 0) is 24.0 Å². The average Bonchev–Trinajstić information content (AvgIpc) is 3.22. The average molecular weight is 401 g/mol. The van der Waals surface area contributed by atoms with Crippen molar-refractivity contribution in [3.05, 3.63) is 45.8 Å². The Morgan fingerprint density at radius 1 is 1.15 bits per heavy atom. The van der Waals surface area contributed by atoms with Gasteiger partial charge in [-0.25, -0.2) is 4.79 Å². The molecule has 0 atom stereocenters. The summed E-state index contributed by atoms with van der Waals surface area (Å²) in [6.07, 6.45) is 7.75. The number of esters is 1. The molecule has 1 N–H and O–H groups in total. The fourth-order valence-corrected chi connectivity index (χ4v) is 5.67. The highest BCUT2D eigenvalue weighted by molar-refractivity contribution is 7.80. The Hall–Kier alpha value is -1.92. The standard InChI is InChI=1S/C21H24N2O2S2/c1-25-20(24)18-15-9-4-2-3-5-11-17(15)27-19(18)22-21(26)23-13-12-14-8-6-7-10-16(14)23/h6-8,10H,2-5,9,11-13H2,1H3,(H,22,26). The van der Waals surface area contributed by atoms with Gasteiger partial charge in [-0.05, 0) is 61.5 Å². The van der Waals surface area contributed by atoms with Crippen LogP contribution in [-0.4, -0.2) is 24.7 Å². The Morgan fingerprint density at radius 3 is 2.74 bits per heavy atom. The summed E-state index contributed by atoms with van der Waals surface area (Å²) >= 11 is 7.39. The van der Waals surface area contributed by atoms with Gasteiger partial charge in [0.05, 0.1) is 12.7 Å². The molecule has 1 aliphatic heterocycles. The van der Waals surface area contributed by atoms with E-state index in [9.17, 15) is 4.79 Å². The van der Waals surface area contributed by atoms with Crippen molar-refractivity contribution in [2.75, 3.05) is 23.9 Å². The van der Waals surface area contributed by atoms with Crippen LogP contribution in [0, 0.1) is 0 Å². The number of thiophene rings is 1. The van der Waals surface area contributed by atoms with Gasteiger partial charge >= 0.3 is 5.97 Å². The number of methoxy groups -OCH3 is 1. The summed E-state index contributed by atoms with van der Waals surface area (Å²) in [5, 5.41) is 4.87. The van der Waals surface area contributed by atoms with Crippen LogP contribution < -0.4 is 10.2 Å². The molecule has 27 heavy (non-hydrogen) atoms. The molecule has 0 radical (unpaired) electrons. The molecule has 0 fully saturated rings. The van der Waals surface area contributed by atoms with E-state index < -0.39 is 0 Å². The van der Waals surface area contributed by atoms with Crippen molar-refractivity contribution in [3.63, 3.8) is 0 Å². The highest BCUT2D eigenvalue weighted by atomic mass is 32.1. The Balaban J connectivity index is 1.64. The van der Waals surface area contributed by atoms with Gasteiger partial charge < -0.3 is 15.0 Å². The van der Waals surface area contributed by atoms with Crippen molar-refractivity contribution in [3.8, 4) is 0 Å². The van der Waals surface area contributed by atoms with E-state index in [0.717, 1.165) is 42.9 Å². The summed E-state index contributed by atoms with van der Waals surface area (Å²) in [6.45, 7) is 0.865. The smallest absolute Gasteiger partial charge is 0.341 e. The first-order valence-corrected chi connectivity index (χ1v) is 10.8.